The topological polar surface area (TPSA) is 26.3 Å². The Balaban J connectivity index is 0.000000142. The Morgan fingerprint density at radius 1 is 0.962 bits per heavy atom. The molecule has 2 aromatic rings. The second-order valence-corrected chi connectivity index (χ2v) is 8.21. The number of carbonyl (C=O) groups is 1. The number of carbonyl (C=O) groups excluding carboxylic acids is 1. The maximum absolute atomic E-state index is 11.4. The minimum Gasteiger partial charge on any atom is -0.466 e. The summed E-state index contributed by atoms with van der Waals surface area (Å²) in [6, 6.07) is 14.0. The average molecular weight is 351 g/mol. The summed E-state index contributed by atoms with van der Waals surface area (Å²) in [6.45, 7) is 2.25. The van der Waals surface area contributed by atoms with Crippen LogP contribution in [0.25, 0.3) is 10.8 Å². The molecular formula is C24H30O2. The smallest absolute Gasteiger partial charge is 0.310 e. The van der Waals surface area contributed by atoms with E-state index in [4.69, 9.17) is 4.74 Å². The Labute approximate surface area is 156 Å². The largest absolute Gasteiger partial charge is 0.466 e. The molecule has 2 nitrogen and oxygen atoms in total. The Hall–Kier alpha value is -1.83. The lowest BCUT2D eigenvalue weighted by atomic mass is 9.82. The van der Waals surface area contributed by atoms with Crippen molar-refractivity contribution in [3.8, 4) is 0 Å². The van der Waals surface area contributed by atoms with E-state index in [1.807, 2.05) is 49.4 Å². The molecule has 3 saturated carbocycles. The van der Waals surface area contributed by atoms with Crippen molar-refractivity contribution in [1.29, 1.82) is 0 Å². The van der Waals surface area contributed by atoms with Crippen molar-refractivity contribution < 1.29 is 9.53 Å². The van der Waals surface area contributed by atoms with Crippen molar-refractivity contribution in [3.63, 3.8) is 0 Å². The Morgan fingerprint density at radius 2 is 1.65 bits per heavy atom. The molecule has 5 rings (SSSR count). The average Bonchev–Trinajstić information content (AvgIpc) is 3.38. The normalized spacial score (nSPS) is 28.5. The van der Waals surface area contributed by atoms with Crippen LogP contribution in [-0.2, 0) is 16.0 Å². The quantitative estimate of drug-likeness (QED) is 0.656. The first-order valence-electron chi connectivity index (χ1n) is 10.4. The van der Waals surface area contributed by atoms with E-state index in [2.05, 4.69) is 0 Å². The molecule has 4 unspecified atom stereocenters. The number of hydrogen-bond donors (Lipinski definition) is 0. The fraction of sp³-hybridized carbons (Fsp3) is 0.542. The molecule has 2 aromatic carbocycles. The van der Waals surface area contributed by atoms with E-state index < -0.39 is 0 Å². The summed E-state index contributed by atoms with van der Waals surface area (Å²) in [5.41, 5.74) is 1.02. The van der Waals surface area contributed by atoms with E-state index in [0.717, 1.165) is 16.3 Å². The van der Waals surface area contributed by atoms with Gasteiger partial charge in [-0.05, 0) is 79.0 Å². The molecule has 0 amide bonds. The third kappa shape index (κ3) is 3.51. The van der Waals surface area contributed by atoms with Crippen LogP contribution in [0.3, 0.4) is 0 Å². The van der Waals surface area contributed by atoms with E-state index in [1.54, 1.807) is 38.5 Å². The van der Waals surface area contributed by atoms with Gasteiger partial charge >= 0.3 is 5.97 Å². The van der Waals surface area contributed by atoms with Gasteiger partial charge in [0.25, 0.3) is 0 Å². The molecule has 4 atom stereocenters. The maximum atomic E-state index is 11.4. The van der Waals surface area contributed by atoms with Gasteiger partial charge in [-0.1, -0.05) is 48.9 Å². The molecular weight excluding hydrogens is 320 g/mol. The van der Waals surface area contributed by atoms with E-state index in [1.165, 1.54) is 23.7 Å². The van der Waals surface area contributed by atoms with Crippen molar-refractivity contribution in [3.05, 3.63) is 48.0 Å². The molecule has 0 spiro atoms. The van der Waals surface area contributed by atoms with Gasteiger partial charge in [0.2, 0.25) is 0 Å². The minimum atomic E-state index is -0.168. The third-order valence-corrected chi connectivity index (χ3v) is 6.87. The van der Waals surface area contributed by atoms with Gasteiger partial charge < -0.3 is 4.74 Å². The number of benzene rings is 2. The molecule has 3 aliphatic carbocycles. The zero-order chi connectivity index (χ0) is 17.9. The number of fused-ring (bicyclic) bond motifs is 6. The lowest BCUT2D eigenvalue weighted by molar-refractivity contribution is -0.142. The van der Waals surface area contributed by atoms with Crippen molar-refractivity contribution in [2.75, 3.05) is 6.61 Å². The first-order valence-corrected chi connectivity index (χ1v) is 10.4. The first kappa shape index (κ1) is 17.6. The number of esters is 1. The van der Waals surface area contributed by atoms with Crippen LogP contribution in [0.15, 0.2) is 42.5 Å². The van der Waals surface area contributed by atoms with E-state index in [0.29, 0.717) is 13.0 Å². The van der Waals surface area contributed by atoms with Crippen LogP contribution < -0.4 is 0 Å². The summed E-state index contributed by atoms with van der Waals surface area (Å²) in [4.78, 5) is 11.4. The number of ether oxygens (including phenoxy) is 1. The van der Waals surface area contributed by atoms with Crippen molar-refractivity contribution in [2.45, 2.75) is 51.9 Å². The molecule has 2 heteroatoms. The highest BCUT2D eigenvalue weighted by Gasteiger charge is 2.48. The molecule has 3 fully saturated rings. The zero-order valence-corrected chi connectivity index (χ0v) is 15.8. The molecule has 0 saturated heterocycles. The number of rotatable bonds is 3. The van der Waals surface area contributed by atoms with Crippen LogP contribution in [-0.4, -0.2) is 12.6 Å². The fourth-order valence-electron chi connectivity index (χ4n) is 5.83. The molecule has 138 valence electrons. The molecule has 0 radical (unpaired) electrons. The molecule has 3 aliphatic rings. The molecule has 0 N–H and O–H groups in total. The summed E-state index contributed by atoms with van der Waals surface area (Å²) in [7, 11) is 0. The van der Waals surface area contributed by atoms with E-state index in [-0.39, 0.29) is 5.97 Å². The monoisotopic (exact) mass is 350 g/mol. The second kappa shape index (κ2) is 7.82. The van der Waals surface area contributed by atoms with Gasteiger partial charge in [-0.3, -0.25) is 4.79 Å². The van der Waals surface area contributed by atoms with Gasteiger partial charge in [-0.2, -0.15) is 0 Å². The highest BCUT2D eigenvalue weighted by atomic mass is 16.5. The third-order valence-electron chi connectivity index (χ3n) is 6.87. The summed E-state index contributed by atoms with van der Waals surface area (Å²) in [5.74, 6) is 4.63. The molecule has 0 aromatic heterocycles. The first-order chi connectivity index (χ1) is 12.8. The molecule has 0 heterocycles. The predicted octanol–water partition coefficient (Wildman–Crippen LogP) is 5.78. The Morgan fingerprint density at radius 3 is 2.38 bits per heavy atom. The van der Waals surface area contributed by atoms with Gasteiger partial charge in [-0.15, -0.1) is 0 Å². The van der Waals surface area contributed by atoms with Crippen molar-refractivity contribution in [1.82, 2.24) is 0 Å². The van der Waals surface area contributed by atoms with Crippen LogP contribution in [0.5, 0.6) is 0 Å². The molecule has 0 aliphatic heterocycles. The van der Waals surface area contributed by atoms with Crippen LogP contribution in [0.2, 0.25) is 0 Å². The lowest BCUT2D eigenvalue weighted by Gasteiger charge is -2.23. The van der Waals surface area contributed by atoms with Gasteiger partial charge in [-0.25, -0.2) is 0 Å². The van der Waals surface area contributed by atoms with E-state index >= 15 is 0 Å². The Bertz CT molecular complexity index is 744. The van der Waals surface area contributed by atoms with Crippen LogP contribution in [0.1, 0.15) is 51.0 Å². The predicted molar refractivity (Wildman–Crippen MR) is 106 cm³/mol. The standard InChI is InChI=1S/C14H14O2.C10H16/c1-2-16-14(15)10-12-8-5-7-11-6-3-4-9-13(11)12;1-2-9-7-4-5-8(6-7)10(9)3-1/h3-9H,2,10H2,1H3;7-10H,1-6H2. The second-order valence-electron chi connectivity index (χ2n) is 8.21. The highest BCUT2D eigenvalue weighted by molar-refractivity contribution is 5.88. The summed E-state index contributed by atoms with van der Waals surface area (Å²) < 4.78 is 4.96. The maximum Gasteiger partial charge on any atom is 0.310 e. The lowest BCUT2D eigenvalue weighted by Crippen LogP contribution is -2.15. The summed E-state index contributed by atoms with van der Waals surface area (Å²) in [5, 5.41) is 2.28. The van der Waals surface area contributed by atoms with E-state index in [9.17, 15) is 4.79 Å². The van der Waals surface area contributed by atoms with Crippen LogP contribution in [0.4, 0.5) is 0 Å². The SMILES string of the molecule is C1CC2C3CCC(C3)C2C1.CCOC(=O)Cc1cccc2ccccc12. The Kier molecular flexibility index (Phi) is 5.28. The fourth-order valence-corrected chi connectivity index (χ4v) is 5.83. The van der Waals surface area contributed by atoms with Crippen LogP contribution in [0, 0.1) is 23.7 Å². The molecule has 2 bridgehead atoms. The van der Waals surface area contributed by atoms with Gasteiger partial charge in [0.1, 0.15) is 0 Å². The molecule has 26 heavy (non-hydrogen) atoms. The van der Waals surface area contributed by atoms with Crippen LogP contribution >= 0.6 is 0 Å². The minimum absolute atomic E-state index is 0.168. The van der Waals surface area contributed by atoms with Gasteiger partial charge in [0.15, 0.2) is 0 Å². The zero-order valence-electron chi connectivity index (χ0n) is 15.8. The van der Waals surface area contributed by atoms with Crippen molar-refractivity contribution >= 4 is 16.7 Å². The van der Waals surface area contributed by atoms with Crippen molar-refractivity contribution in [2.24, 2.45) is 23.7 Å². The number of hydrogen-bond acceptors (Lipinski definition) is 2. The van der Waals surface area contributed by atoms with Gasteiger partial charge in [0.05, 0.1) is 13.0 Å². The summed E-state index contributed by atoms with van der Waals surface area (Å²) >= 11 is 0. The highest BCUT2D eigenvalue weighted by Crippen LogP contribution is 2.58. The van der Waals surface area contributed by atoms with Gasteiger partial charge in [0, 0.05) is 0 Å². The summed E-state index contributed by atoms with van der Waals surface area (Å²) in [6.07, 6.45) is 9.88.